The Bertz CT molecular complexity index is 1230. The SMILES string of the molecule is Cc1cc(OCCCCO)c(F)cc1-c1cc(COc2cc3c(cn2)[C@@H]2C[C@@H]2C3)c(F)cc1Cl. The molecule has 2 aliphatic rings. The van der Waals surface area contributed by atoms with E-state index in [1.807, 2.05) is 19.2 Å². The summed E-state index contributed by atoms with van der Waals surface area (Å²) >= 11 is 6.35. The normalized spacial score (nSPS) is 17.9. The van der Waals surface area contributed by atoms with Crippen molar-refractivity contribution in [3.8, 4) is 22.8 Å². The molecular formula is C27H26ClF2NO3. The Labute approximate surface area is 202 Å². The lowest BCUT2D eigenvalue weighted by atomic mass is 9.98. The zero-order valence-corrected chi connectivity index (χ0v) is 19.7. The summed E-state index contributed by atoms with van der Waals surface area (Å²) in [6.07, 6.45) is 5.42. The van der Waals surface area contributed by atoms with Crippen LogP contribution in [0, 0.1) is 24.5 Å². The van der Waals surface area contributed by atoms with Gasteiger partial charge in [0.1, 0.15) is 12.4 Å². The van der Waals surface area contributed by atoms with Gasteiger partial charge in [-0.25, -0.2) is 13.8 Å². The number of hydrogen-bond donors (Lipinski definition) is 1. The second-order valence-corrected chi connectivity index (χ2v) is 9.52. The zero-order chi connectivity index (χ0) is 23.8. The van der Waals surface area contributed by atoms with Crippen molar-refractivity contribution in [2.45, 2.75) is 45.1 Å². The van der Waals surface area contributed by atoms with Crippen LogP contribution in [0.3, 0.4) is 0 Å². The van der Waals surface area contributed by atoms with Gasteiger partial charge in [0.2, 0.25) is 5.88 Å². The lowest BCUT2D eigenvalue weighted by Gasteiger charge is -2.15. The van der Waals surface area contributed by atoms with Crippen molar-refractivity contribution in [3.63, 3.8) is 0 Å². The summed E-state index contributed by atoms with van der Waals surface area (Å²) in [4.78, 5) is 4.39. The minimum atomic E-state index is -0.525. The van der Waals surface area contributed by atoms with E-state index in [9.17, 15) is 8.78 Å². The second kappa shape index (κ2) is 9.51. The van der Waals surface area contributed by atoms with E-state index in [0.717, 1.165) is 17.9 Å². The molecule has 7 heteroatoms. The molecule has 4 nitrogen and oxygen atoms in total. The van der Waals surface area contributed by atoms with Crippen molar-refractivity contribution >= 4 is 11.6 Å². The molecule has 1 N–H and O–H groups in total. The van der Waals surface area contributed by atoms with Gasteiger partial charge in [0.05, 0.1) is 11.6 Å². The van der Waals surface area contributed by atoms with E-state index >= 15 is 0 Å². The van der Waals surface area contributed by atoms with Gasteiger partial charge in [-0.1, -0.05) is 11.6 Å². The van der Waals surface area contributed by atoms with E-state index in [4.69, 9.17) is 26.2 Å². The van der Waals surface area contributed by atoms with Crippen LogP contribution in [0.5, 0.6) is 11.6 Å². The number of fused-ring (bicyclic) bond motifs is 3. The van der Waals surface area contributed by atoms with Crippen molar-refractivity contribution in [3.05, 3.63) is 75.4 Å². The maximum atomic E-state index is 14.7. The van der Waals surface area contributed by atoms with Crippen LogP contribution in [0.2, 0.25) is 5.02 Å². The number of hydrogen-bond acceptors (Lipinski definition) is 4. The number of aliphatic hydroxyl groups excluding tert-OH is 1. The molecule has 0 bridgehead atoms. The average molecular weight is 486 g/mol. The van der Waals surface area contributed by atoms with E-state index in [2.05, 4.69) is 4.98 Å². The predicted molar refractivity (Wildman–Crippen MR) is 126 cm³/mol. The number of pyridine rings is 1. The Morgan fingerprint density at radius 3 is 2.74 bits per heavy atom. The van der Waals surface area contributed by atoms with Crippen molar-refractivity contribution in [1.82, 2.24) is 4.98 Å². The molecule has 1 saturated carbocycles. The average Bonchev–Trinajstić information content (AvgIpc) is 3.49. The van der Waals surface area contributed by atoms with Gasteiger partial charge >= 0.3 is 0 Å². The Kier molecular flexibility index (Phi) is 6.45. The second-order valence-electron chi connectivity index (χ2n) is 9.12. The van der Waals surface area contributed by atoms with Gasteiger partial charge in [0.25, 0.3) is 0 Å². The number of nitrogens with zero attached hydrogens (tertiary/aromatic N) is 1. The molecule has 0 spiro atoms. The molecule has 3 aromatic rings. The number of aliphatic hydroxyl groups is 1. The van der Waals surface area contributed by atoms with Crippen LogP contribution >= 0.6 is 11.6 Å². The van der Waals surface area contributed by atoms with Crippen molar-refractivity contribution in [2.75, 3.05) is 13.2 Å². The molecule has 0 amide bonds. The quantitative estimate of drug-likeness (QED) is 0.357. The molecule has 0 aliphatic heterocycles. The number of benzene rings is 2. The van der Waals surface area contributed by atoms with Gasteiger partial charge in [0.15, 0.2) is 11.6 Å². The minimum absolute atomic E-state index is 0.0117. The largest absolute Gasteiger partial charge is 0.491 e. The molecule has 2 aromatic carbocycles. The summed E-state index contributed by atoms with van der Waals surface area (Å²) in [6, 6.07) is 7.75. The minimum Gasteiger partial charge on any atom is -0.491 e. The van der Waals surface area contributed by atoms with E-state index in [-0.39, 0.29) is 24.0 Å². The van der Waals surface area contributed by atoms with E-state index < -0.39 is 11.6 Å². The van der Waals surface area contributed by atoms with Gasteiger partial charge in [0, 0.05) is 30.0 Å². The van der Waals surface area contributed by atoms with E-state index in [0.29, 0.717) is 47.9 Å². The van der Waals surface area contributed by atoms with Crippen LogP contribution in [0.15, 0.2) is 36.5 Å². The van der Waals surface area contributed by atoms with Crippen LogP contribution in [0.25, 0.3) is 11.1 Å². The Balaban J connectivity index is 1.34. The van der Waals surface area contributed by atoms with Gasteiger partial charge in [-0.3, -0.25) is 0 Å². The van der Waals surface area contributed by atoms with Crippen LogP contribution in [-0.2, 0) is 13.0 Å². The van der Waals surface area contributed by atoms with Crippen LogP contribution < -0.4 is 9.47 Å². The summed E-state index contributed by atoms with van der Waals surface area (Å²) in [5, 5.41) is 9.05. The van der Waals surface area contributed by atoms with Crippen molar-refractivity contribution in [2.24, 2.45) is 5.92 Å². The number of halogens is 3. The molecule has 1 fully saturated rings. The molecule has 5 rings (SSSR count). The highest BCUT2D eigenvalue weighted by molar-refractivity contribution is 6.33. The number of ether oxygens (including phenoxy) is 2. The molecule has 2 aliphatic carbocycles. The fourth-order valence-corrected chi connectivity index (χ4v) is 4.98. The molecule has 2 atom stereocenters. The molecule has 0 unspecified atom stereocenters. The Morgan fingerprint density at radius 2 is 1.91 bits per heavy atom. The third kappa shape index (κ3) is 4.62. The van der Waals surface area contributed by atoms with Crippen molar-refractivity contribution < 1.29 is 23.4 Å². The van der Waals surface area contributed by atoms with Gasteiger partial charge in [-0.05, 0) is 91.0 Å². The first-order valence-electron chi connectivity index (χ1n) is 11.6. The highest BCUT2D eigenvalue weighted by Crippen LogP contribution is 2.56. The third-order valence-corrected chi connectivity index (χ3v) is 7.01. The summed E-state index contributed by atoms with van der Waals surface area (Å²) in [7, 11) is 0. The lowest BCUT2D eigenvalue weighted by molar-refractivity contribution is 0.248. The summed E-state index contributed by atoms with van der Waals surface area (Å²) in [5.74, 6) is 1.02. The number of aryl methyl sites for hydroxylation is 1. The fraction of sp³-hybridized carbons (Fsp3) is 0.370. The number of rotatable bonds is 9. The standard InChI is InChI=1S/C27H26ClF2NO3/c1-15-6-26(33-5-3-2-4-32)25(30)11-19(15)21-9-18(24(29)12-23(21)28)14-34-27-10-17-7-16-8-20(16)22(17)13-31-27/h6,9-13,16,20,32H,2-5,7-8,14H2,1H3/t16-,20+/m0/s1. The Hall–Kier alpha value is -2.70. The predicted octanol–water partition coefficient (Wildman–Crippen LogP) is 6.38. The highest BCUT2D eigenvalue weighted by atomic mass is 35.5. The van der Waals surface area contributed by atoms with Crippen LogP contribution in [0.1, 0.15) is 47.4 Å². The summed E-state index contributed by atoms with van der Waals surface area (Å²) < 4.78 is 40.7. The first kappa shape index (κ1) is 23.1. The van der Waals surface area contributed by atoms with E-state index in [1.54, 1.807) is 12.1 Å². The molecule has 0 saturated heterocycles. The molecule has 1 heterocycles. The number of unbranched alkanes of at least 4 members (excludes halogenated alkanes) is 1. The first-order chi connectivity index (χ1) is 16.4. The maximum Gasteiger partial charge on any atom is 0.213 e. The van der Waals surface area contributed by atoms with Crippen LogP contribution in [0.4, 0.5) is 8.78 Å². The summed E-state index contributed by atoms with van der Waals surface area (Å²) in [5.41, 5.74) is 4.73. The highest BCUT2D eigenvalue weighted by Gasteiger charge is 2.45. The third-order valence-electron chi connectivity index (χ3n) is 6.69. The molecule has 1 aromatic heterocycles. The molecule has 0 radical (unpaired) electrons. The topological polar surface area (TPSA) is 51.6 Å². The fourth-order valence-electron chi connectivity index (χ4n) is 4.73. The zero-order valence-electron chi connectivity index (χ0n) is 18.9. The lowest BCUT2D eigenvalue weighted by Crippen LogP contribution is -2.03. The summed E-state index contributed by atoms with van der Waals surface area (Å²) in [6.45, 7) is 2.20. The molecule has 34 heavy (non-hydrogen) atoms. The van der Waals surface area contributed by atoms with Crippen LogP contribution in [-0.4, -0.2) is 23.3 Å². The Morgan fingerprint density at radius 1 is 1.06 bits per heavy atom. The molecule has 178 valence electrons. The van der Waals surface area contributed by atoms with E-state index in [1.165, 1.54) is 29.7 Å². The monoisotopic (exact) mass is 485 g/mol. The van der Waals surface area contributed by atoms with Crippen molar-refractivity contribution in [1.29, 1.82) is 0 Å². The van der Waals surface area contributed by atoms with Gasteiger partial charge in [-0.2, -0.15) is 0 Å². The molecular weight excluding hydrogens is 460 g/mol. The smallest absolute Gasteiger partial charge is 0.213 e. The van der Waals surface area contributed by atoms with Gasteiger partial charge in [-0.15, -0.1) is 0 Å². The first-order valence-corrected chi connectivity index (χ1v) is 12.0. The number of aromatic nitrogens is 1. The maximum absolute atomic E-state index is 14.7. The van der Waals surface area contributed by atoms with Gasteiger partial charge < -0.3 is 14.6 Å².